The van der Waals surface area contributed by atoms with Crippen LogP contribution >= 0.6 is 11.8 Å². The highest BCUT2D eigenvalue weighted by Gasteiger charge is 2.30. The van der Waals surface area contributed by atoms with Gasteiger partial charge in [0.15, 0.2) is 5.16 Å². The van der Waals surface area contributed by atoms with E-state index >= 15 is 0 Å². The van der Waals surface area contributed by atoms with Crippen molar-refractivity contribution in [2.45, 2.75) is 43.6 Å². The van der Waals surface area contributed by atoms with Crippen LogP contribution in [0.5, 0.6) is 0 Å². The lowest BCUT2D eigenvalue weighted by atomic mass is 10.2. The Morgan fingerprint density at radius 3 is 2.32 bits per heavy atom. The summed E-state index contributed by atoms with van der Waals surface area (Å²) in [4.78, 5) is 14.6. The Bertz CT molecular complexity index is 1230. The van der Waals surface area contributed by atoms with E-state index < -0.39 is 0 Å². The van der Waals surface area contributed by atoms with Crippen molar-refractivity contribution >= 4 is 17.7 Å². The van der Waals surface area contributed by atoms with Gasteiger partial charge in [-0.25, -0.2) is 0 Å². The number of hydrogen-bond acceptors (Lipinski definition) is 5. The van der Waals surface area contributed by atoms with Crippen LogP contribution in [0.25, 0.3) is 0 Å². The Balaban J connectivity index is 1.18. The van der Waals surface area contributed by atoms with E-state index in [9.17, 15) is 4.79 Å². The molecule has 0 atom stereocenters. The minimum Gasteiger partial charge on any atom is -0.341 e. The molecule has 1 amide bonds. The number of carbonyl (C=O) groups excluding carboxylic acids is 1. The quantitative estimate of drug-likeness (QED) is 0.324. The summed E-state index contributed by atoms with van der Waals surface area (Å²) in [5.74, 6) is 1.92. The molecule has 0 spiro atoms. The number of thioether (sulfide) groups is 1. The van der Waals surface area contributed by atoms with Crippen molar-refractivity contribution in [2.75, 3.05) is 12.8 Å². The molecule has 0 aliphatic heterocycles. The molecule has 174 valence electrons. The molecule has 5 rings (SSSR count). The minimum atomic E-state index is 0.0584. The van der Waals surface area contributed by atoms with Gasteiger partial charge in [0, 0.05) is 31.3 Å². The summed E-state index contributed by atoms with van der Waals surface area (Å²) < 4.78 is 4.09. The molecule has 1 saturated carbocycles. The molecule has 0 N–H and O–H groups in total. The second-order valence-electron chi connectivity index (χ2n) is 8.76. The van der Waals surface area contributed by atoms with Crippen LogP contribution in [0, 0.1) is 0 Å². The van der Waals surface area contributed by atoms with Crippen LogP contribution in [0.2, 0.25) is 0 Å². The summed E-state index contributed by atoms with van der Waals surface area (Å²) in [6.07, 6.45) is 6.16. The predicted molar refractivity (Wildman–Crippen MR) is 133 cm³/mol. The normalized spacial score (nSPS) is 13.2. The number of nitrogens with zero attached hydrogens (tertiary/aromatic N) is 6. The van der Waals surface area contributed by atoms with Gasteiger partial charge in [-0.15, -0.1) is 10.2 Å². The molecule has 34 heavy (non-hydrogen) atoms. The minimum absolute atomic E-state index is 0.0584. The maximum absolute atomic E-state index is 12.9. The summed E-state index contributed by atoms with van der Waals surface area (Å²) >= 11 is 1.46. The third-order valence-corrected chi connectivity index (χ3v) is 6.87. The molecule has 0 saturated heterocycles. The first-order valence-corrected chi connectivity index (χ1v) is 12.5. The molecule has 7 nitrogen and oxygen atoms in total. The van der Waals surface area contributed by atoms with Crippen molar-refractivity contribution in [3.8, 4) is 0 Å². The number of benzene rings is 2. The van der Waals surface area contributed by atoms with Gasteiger partial charge in [0.25, 0.3) is 0 Å². The number of hydrogen-bond donors (Lipinski definition) is 0. The molecular formula is C26H28N6OS. The molecule has 1 fully saturated rings. The smallest absolute Gasteiger partial charge is 0.233 e. The van der Waals surface area contributed by atoms with Crippen LogP contribution in [0.3, 0.4) is 0 Å². The molecule has 4 aromatic rings. The lowest BCUT2D eigenvalue weighted by Gasteiger charge is -2.16. The maximum Gasteiger partial charge on any atom is 0.233 e. The van der Waals surface area contributed by atoms with E-state index in [1.165, 1.54) is 22.9 Å². The number of amides is 1. The van der Waals surface area contributed by atoms with Crippen LogP contribution < -0.4 is 0 Å². The van der Waals surface area contributed by atoms with Gasteiger partial charge >= 0.3 is 0 Å². The first-order chi connectivity index (χ1) is 16.7. The van der Waals surface area contributed by atoms with E-state index in [4.69, 9.17) is 0 Å². The first-order valence-electron chi connectivity index (χ1n) is 11.5. The third kappa shape index (κ3) is 5.56. The topological polar surface area (TPSA) is 68.8 Å². The van der Waals surface area contributed by atoms with E-state index in [0.717, 1.165) is 42.5 Å². The van der Waals surface area contributed by atoms with Crippen molar-refractivity contribution < 1.29 is 4.79 Å². The molecule has 1 aliphatic carbocycles. The van der Waals surface area contributed by atoms with Crippen LogP contribution in [-0.2, 0) is 24.4 Å². The van der Waals surface area contributed by atoms with Gasteiger partial charge in [-0.2, -0.15) is 5.10 Å². The fourth-order valence-electron chi connectivity index (χ4n) is 3.91. The Morgan fingerprint density at radius 2 is 1.65 bits per heavy atom. The van der Waals surface area contributed by atoms with Crippen LogP contribution in [0.1, 0.15) is 41.3 Å². The van der Waals surface area contributed by atoms with Gasteiger partial charge in [-0.05, 0) is 24.0 Å². The summed E-state index contributed by atoms with van der Waals surface area (Å²) in [6, 6.07) is 20.6. The second kappa shape index (κ2) is 10.3. The zero-order chi connectivity index (χ0) is 23.3. The van der Waals surface area contributed by atoms with Gasteiger partial charge in [-0.3, -0.25) is 9.48 Å². The van der Waals surface area contributed by atoms with Crippen LogP contribution in [0.4, 0.5) is 0 Å². The molecule has 1 aliphatic rings. The Hall–Kier alpha value is -3.39. The van der Waals surface area contributed by atoms with E-state index in [-0.39, 0.29) is 5.91 Å². The Morgan fingerprint density at radius 1 is 0.971 bits per heavy atom. The summed E-state index contributed by atoms with van der Waals surface area (Å²) in [6.45, 7) is 1.97. The number of aromatic nitrogens is 5. The van der Waals surface area contributed by atoms with Gasteiger partial charge in [0.05, 0.1) is 25.0 Å². The highest BCUT2D eigenvalue weighted by Crippen LogP contribution is 2.40. The molecule has 2 heterocycles. The highest BCUT2D eigenvalue weighted by atomic mass is 32.2. The fourth-order valence-corrected chi connectivity index (χ4v) is 4.79. The van der Waals surface area contributed by atoms with Crippen LogP contribution in [-0.4, -0.2) is 48.2 Å². The Kier molecular flexibility index (Phi) is 6.76. The first kappa shape index (κ1) is 22.4. The largest absolute Gasteiger partial charge is 0.341 e. The third-order valence-electron chi connectivity index (χ3n) is 5.92. The van der Waals surface area contributed by atoms with Gasteiger partial charge in [0.1, 0.15) is 5.82 Å². The SMILES string of the molecule is CN(Cc1cnn(Cc2ccccc2)c1)C(=O)CSc1nnc(C2CC2)n1Cc1ccccc1. The zero-order valence-electron chi connectivity index (χ0n) is 19.2. The van der Waals surface area contributed by atoms with E-state index in [1.807, 2.05) is 60.5 Å². The van der Waals surface area contributed by atoms with Gasteiger partial charge in [0.2, 0.25) is 5.91 Å². The van der Waals surface area contributed by atoms with E-state index in [0.29, 0.717) is 18.2 Å². The average molecular weight is 473 g/mol. The highest BCUT2D eigenvalue weighted by molar-refractivity contribution is 7.99. The molecule has 0 bridgehead atoms. The molecule has 2 aromatic carbocycles. The maximum atomic E-state index is 12.9. The van der Waals surface area contributed by atoms with E-state index in [1.54, 1.807) is 4.90 Å². The van der Waals surface area contributed by atoms with Crippen molar-refractivity contribution in [2.24, 2.45) is 0 Å². The van der Waals surface area contributed by atoms with Gasteiger partial charge < -0.3 is 9.47 Å². The Labute approximate surface area is 203 Å². The molecule has 0 radical (unpaired) electrons. The van der Waals surface area contributed by atoms with Crippen molar-refractivity contribution in [3.63, 3.8) is 0 Å². The second-order valence-corrected chi connectivity index (χ2v) is 9.70. The number of rotatable bonds is 10. The van der Waals surface area contributed by atoms with Crippen molar-refractivity contribution in [1.29, 1.82) is 0 Å². The summed E-state index contributed by atoms with van der Waals surface area (Å²) in [5, 5.41) is 14.1. The predicted octanol–water partition coefficient (Wildman–Crippen LogP) is 4.20. The summed E-state index contributed by atoms with van der Waals surface area (Å²) in [7, 11) is 1.84. The lowest BCUT2D eigenvalue weighted by Crippen LogP contribution is -2.27. The molecular weight excluding hydrogens is 444 g/mol. The fraction of sp³-hybridized carbons (Fsp3) is 0.308. The number of carbonyl (C=O) groups is 1. The lowest BCUT2D eigenvalue weighted by molar-refractivity contribution is -0.127. The monoisotopic (exact) mass is 472 g/mol. The average Bonchev–Trinajstić information content (AvgIpc) is 3.49. The molecule has 0 unspecified atom stereocenters. The standard InChI is InChI=1S/C26H28N6OS/c1-30(15-22-14-27-31(17-22)16-20-8-4-2-5-9-20)24(33)19-34-26-29-28-25(23-12-13-23)32(26)18-21-10-6-3-7-11-21/h2-11,14,17,23H,12-13,15-16,18-19H2,1H3. The molecule has 8 heteroatoms. The van der Waals surface area contributed by atoms with Crippen molar-refractivity contribution in [1.82, 2.24) is 29.4 Å². The van der Waals surface area contributed by atoms with Gasteiger partial charge in [-0.1, -0.05) is 72.4 Å². The summed E-state index contributed by atoms with van der Waals surface area (Å²) in [5.41, 5.74) is 3.42. The van der Waals surface area contributed by atoms with Crippen LogP contribution in [0.15, 0.2) is 78.2 Å². The zero-order valence-corrected chi connectivity index (χ0v) is 20.1. The molecule has 2 aromatic heterocycles. The van der Waals surface area contributed by atoms with Crippen molar-refractivity contribution in [3.05, 3.63) is 95.6 Å². The van der Waals surface area contributed by atoms with E-state index in [2.05, 4.69) is 44.1 Å².